The van der Waals surface area contributed by atoms with E-state index in [0.29, 0.717) is 11.3 Å². The molecule has 0 saturated heterocycles. The largest absolute Gasteiger partial charge is 0.408 e. The minimum Gasteiger partial charge on any atom is -0.408 e. The maximum Gasteiger partial charge on any atom is 0.335 e. The van der Waals surface area contributed by atoms with Crippen LogP contribution in [0.4, 0.5) is 5.69 Å². The van der Waals surface area contributed by atoms with Crippen molar-refractivity contribution < 1.29 is 12.8 Å². The second-order valence-electron chi connectivity index (χ2n) is 4.15. The Kier molecular flexibility index (Phi) is 4.20. The van der Waals surface area contributed by atoms with Crippen molar-refractivity contribution in [1.29, 1.82) is 10.5 Å². The number of nitrogens with zero attached hydrogens (tertiary/aromatic N) is 4. The second-order valence-corrected chi connectivity index (χ2v) is 6.04. The lowest BCUT2D eigenvalue weighted by atomic mass is 10.2. The molecule has 0 fully saturated rings. The fourth-order valence-electron chi connectivity index (χ4n) is 1.43. The molecule has 0 aliphatic carbocycles. The van der Waals surface area contributed by atoms with Crippen LogP contribution >= 0.6 is 0 Å². The Balaban J connectivity index is 2.20. The van der Waals surface area contributed by atoms with Crippen molar-refractivity contribution in [2.24, 2.45) is 0 Å². The molecule has 1 aromatic carbocycles. The molecule has 0 bridgehead atoms. The van der Waals surface area contributed by atoms with Crippen molar-refractivity contribution in [3.05, 3.63) is 36.0 Å². The van der Waals surface area contributed by atoms with E-state index in [1.54, 1.807) is 36.4 Å². The van der Waals surface area contributed by atoms with E-state index < -0.39 is 15.1 Å². The molecular formula is C13H9N5O3S. The number of aromatic nitrogens is 2. The molecule has 9 heteroatoms. The van der Waals surface area contributed by atoms with Crippen LogP contribution in [0.3, 0.4) is 0 Å². The molecule has 2 rings (SSSR count). The first-order valence-corrected chi connectivity index (χ1v) is 7.74. The van der Waals surface area contributed by atoms with Crippen LogP contribution in [0, 0.1) is 22.7 Å². The first kappa shape index (κ1) is 15.2. The van der Waals surface area contributed by atoms with Gasteiger partial charge in [0.1, 0.15) is 17.7 Å². The van der Waals surface area contributed by atoms with Gasteiger partial charge >= 0.3 is 5.22 Å². The van der Waals surface area contributed by atoms with E-state index in [4.69, 9.17) is 14.9 Å². The zero-order valence-corrected chi connectivity index (χ0v) is 12.1. The molecule has 1 N–H and O–H groups in total. The first-order valence-electron chi connectivity index (χ1n) is 5.85. The van der Waals surface area contributed by atoms with Gasteiger partial charge in [-0.25, -0.2) is 8.42 Å². The lowest BCUT2D eigenvalue weighted by molar-refractivity contribution is 0.442. The Hall–Kier alpha value is -3.17. The van der Waals surface area contributed by atoms with Gasteiger partial charge in [0.2, 0.25) is 15.7 Å². The van der Waals surface area contributed by atoms with Gasteiger partial charge in [-0.1, -0.05) is 5.10 Å². The number of nitrogens with one attached hydrogen (secondary N) is 1. The minimum atomic E-state index is -3.54. The monoisotopic (exact) mass is 315 g/mol. The Morgan fingerprint density at radius 3 is 2.36 bits per heavy atom. The van der Waals surface area contributed by atoms with Crippen molar-refractivity contribution >= 4 is 15.5 Å². The average Bonchev–Trinajstić information content (AvgIpc) is 2.99. The fourth-order valence-corrected chi connectivity index (χ4v) is 1.85. The summed E-state index contributed by atoms with van der Waals surface area (Å²) in [4.78, 5) is 0. The minimum absolute atomic E-state index is 0.0567. The van der Waals surface area contributed by atoms with Crippen LogP contribution in [0.25, 0.3) is 11.5 Å². The van der Waals surface area contributed by atoms with Gasteiger partial charge in [-0.2, -0.15) is 10.5 Å². The molecule has 0 aliphatic rings. The molecular weight excluding hydrogens is 306 g/mol. The molecule has 22 heavy (non-hydrogen) atoms. The van der Waals surface area contributed by atoms with Crippen LogP contribution in [-0.4, -0.2) is 24.9 Å². The molecule has 110 valence electrons. The SMILES string of the molecule is CS(=O)(=O)c1nnc(-c2ccc(NC=C(C#N)C#N)cc2)o1. The topological polar surface area (TPSA) is 133 Å². The highest BCUT2D eigenvalue weighted by Crippen LogP contribution is 2.21. The molecule has 1 aromatic heterocycles. The number of allylic oxidation sites excluding steroid dienone is 1. The van der Waals surface area contributed by atoms with Crippen molar-refractivity contribution in [1.82, 2.24) is 10.2 Å². The van der Waals surface area contributed by atoms with Gasteiger partial charge in [-0.05, 0) is 24.3 Å². The van der Waals surface area contributed by atoms with Crippen LogP contribution in [-0.2, 0) is 9.84 Å². The van der Waals surface area contributed by atoms with Crippen LogP contribution < -0.4 is 5.32 Å². The molecule has 0 spiro atoms. The quantitative estimate of drug-likeness (QED) is 0.839. The summed E-state index contributed by atoms with van der Waals surface area (Å²) in [5.74, 6) is 0.0808. The highest BCUT2D eigenvalue weighted by atomic mass is 32.2. The smallest absolute Gasteiger partial charge is 0.335 e. The predicted octanol–water partition coefficient (Wildman–Crippen LogP) is 1.48. The summed E-state index contributed by atoms with van der Waals surface area (Å²) in [6.07, 6.45) is 2.26. The van der Waals surface area contributed by atoms with Crippen LogP contribution in [0.15, 0.2) is 45.7 Å². The summed E-state index contributed by atoms with van der Waals surface area (Å²) in [6.45, 7) is 0. The third-order valence-corrected chi connectivity index (χ3v) is 3.28. The van der Waals surface area contributed by atoms with Crippen molar-refractivity contribution in [2.45, 2.75) is 5.22 Å². The van der Waals surface area contributed by atoms with E-state index >= 15 is 0 Å². The summed E-state index contributed by atoms with van der Waals surface area (Å²) in [6, 6.07) is 10.0. The van der Waals surface area contributed by atoms with E-state index in [0.717, 1.165) is 6.26 Å². The summed E-state index contributed by atoms with van der Waals surface area (Å²) in [7, 11) is -3.54. The Bertz CT molecular complexity index is 882. The number of sulfone groups is 1. The standard InChI is InChI=1S/C13H9N5O3S/c1-22(19,20)13-18-17-12(21-13)10-2-4-11(5-3-10)16-8-9(6-14)7-15/h2-5,8,16H,1H3. The van der Waals surface area contributed by atoms with E-state index in [1.165, 1.54) is 6.20 Å². The lowest BCUT2D eigenvalue weighted by Gasteiger charge is -2.01. The highest BCUT2D eigenvalue weighted by Gasteiger charge is 2.17. The van der Waals surface area contributed by atoms with E-state index in [1.807, 2.05) is 0 Å². The summed E-state index contributed by atoms with van der Waals surface area (Å²) < 4.78 is 27.6. The zero-order valence-electron chi connectivity index (χ0n) is 11.3. The summed E-state index contributed by atoms with van der Waals surface area (Å²) in [5.41, 5.74) is 1.12. The van der Waals surface area contributed by atoms with Gasteiger partial charge in [0.05, 0.1) is 0 Å². The Morgan fingerprint density at radius 2 is 1.86 bits per heavy atom. The highest BCUT2D eigenvalue weighted by molar-refractivity contribution is 7.90. The Labute approximate surface area is 126 Å². The van der Waals surface area contributed by atoms with Gasteiger partial charge in [-0.3, -0.25) is 0 Å². The molecule has 1 heterocycles. The average molecular weight is 315 g/mol. The maximum atomic E-state index is 11.3. The molecule has 0 aliphatic heterocycles. The zero-order chi connectivity index (χ0) is 16.2. The third kappa shape index (κ3) is 3.48. The first-order chi connectivity index (χ1) is 10.4. The van der Waals surface area contributed by atoms with Crippen molar-refractivity contribution in [2.75, 3.05) is 11.6 Å². The third-order valence-electron chi connectivity index (χ3n) is 2.48. The number of rotatable bonds is 4. The van der Waals surface area contributed by atoms with Gasteiger partial charge in [-0.15, -0.1) is 5.10 Å². The van der Waals surface area contributed by atoms with E-state index in [-0.39, 0.29) is 11.5 Å². The second kappa shape index (κ2) is 6.08. The molecule has 0 radical (unpaired) electrons. The predicted molar refractivity (Wildman–Crippen MR) is 75.8 cm³/mol. The number of hydrogen-bond donors (Lipinski definition) is 1. The number of nitriles is 2. The van der Waals surface area contributed by atoms with Crippen LogP contribution in [0.5, 0.6) is 0 Å². The van der Waals surface area contributed by atoms with E-state index in [2.05, 4.69) is 15.5 Å². The van der Waals surface area contributed by atoms with Gasteiger partial charge in [0.15, 0.2) is 0 Å². The molecule has 0 unspecified atom stereocenters. The van der Waals surface area contributed by atoms with Crippen molar-refractivity contribution in [3.63, 3.8) is 0 Å². The van der Waals surface area contributed by atoms with Gasteiger partial charge < -0.3 is 9.73 Å². The molecule has 0 saturated carbocycles. The van der Waals surface area contributed by atoms with E-state index in [9.17, 15) is 8.42 Å². The normalized spacial score (nSPS) is 10.3. The van der Waals surface area contributed by atoms with Crippen molar-refractivity contribution in [3.8, 4) is 23.6 Å². The van der Waals surface area contributed by atoms with Crippen LogP contribution in [0.1, 0.15) is 0 Å². The number of benzene rings is 1. The molecule has 2 aromatic rings. The van der Waals surface area contributed by atoms with Crippen LogP contribution in [0.2, 0.25) is 0 Å². The maximum absolute atomic E-state index is 11.3. The Morgan fingerprint density at radius 1 is 1.23 bits per heavy atom. The molecule has 0 amide bonds. The number of anilines is 1. The summed E-state index contributed by atoms with van der Waals surface area (Å²) in [5, 5.41) is 26.7. The molecule has 8 nitrogen and oxygen atoms in total. The fraction of sp³-hybridized carbons (Fsp3) is 0.0769. The van der Waals surface area contributed by atoms with Gasteiger partial charge in [0, 0.05) is 23.7 Å². The lowest BCUT2D eigenvalue weighted by Crippen LogP contribution is -1.96. The number of hydrogen-bond acceptors (Lipinski definition) is 8. The van der Waals surface area contributed by atoms with Gasteiger partial charge in [0.25, 0.3) is 0 Å². The summed E-state index contributed by atoms with van der Waals surface area (Å²) >= 11 is 0. The molecule has 0 atom stereocenters.